The Labute approximate surface area is 99.0 Å². The largest absolute Gasteiger partial charge is 0.491 e. The highest BCUT2D eigenvalue weighted by Crippen LogP contribution is 2.25. The molecule has 17 heavy (non-hydrogen) atoms. The van der Waals surface area contributed by atoms with Gasteiger partial charge in [0.15, 0.2) is 0 Å². The summed E-state index contributed by atoms with van der Waals surface area (Å²) in [6.45, 7) is 4.88. The summed E-state index contributed by atoms with van der Waals surface area (Å²) < 4.78 is 10.2. The highest BCUT2D eigenvalue weighted by molar-refractivity contribution is 5.92. The van der Waals surface area contributed by atoms with Gasteiger partial charge in [0.1, 0.15) is 17.1 Å². The molecule has 0 fully saturated rings. The molecule has 1 aromatic rings. The summed E-state index contributed by atoms with van der Waals surface area (Å²) in [7, 11) is 0. The van der Waals surface area contributed by atoms with Crippen LogP contribution in [0.15, 0.2) is 18.2 Å². The molecule has 1 rings (SSSR count). The van der Waals surface area contributed by atoms with Gasteiger partial charge >= 0.3 is 11.9 Å². The fourth-order valence-electron chi connectivity index (χ4n) is 1.27. The van der Waals surface area contributed by atoms with E-state index in [1.54, 1.807) is 6.07 Å². The number of carbonyl (C=O) groups is 2. The molecule has 0 aliphatic heterocycles. The van der Waals surface area contributed by atoms with E-state index < -0.39 is 11.9 Å². The molecular weight excluding hydrogens is 224 g/mol. The maximum atomic E-state index is 11.0. The van der Waals surface area contributed by atoms with Gasteiger partial charge in [0.25, 0.3) is 0 Å². The predicted molar refractivity (Wildman–Crippen MR) is 60.5 cm³/mol. The Morgan fingerprint density at radius 2 is 1.94 bits per heavy atom. The summed E-state index contributed by atoms with van der Waals surface area (Å²) >= 11 is 0. The molecule has 1 aromatic carbocycles. The Morgan fingerprint density at radius 3 is 2.41 bits per heavy atom. The predicted octanol–water partition coefficient (Wildman–Crippen LogP) is 2.10. The lowest BCUT2D eigenvalue weighted by Crippen LogP contribution is -2.09. The number of carboxylic acid groups (broad SMARTS) is 1. The van der Waals surface area contributed by atoms with Crippen LogP contribution in [-0.2, 0) is 4.79 Å². The second-order valence-corrected chi connectivity index (χ2v) is 3.72. The van der Waals surface area contributed by atoms with Crippen molar-refractivity contribution in [2.45, 2.75) is 26.9 Å². The van der Waals surface area contributed by atoms with Crippen molar-refractivity contribution in [1.29, 1.82) is 0 Å². The van der Waals surface area contributed by atoms with Crippen LogP contribution in [0.1, 0.15) is 31.1 Å². The number of hydrogen-bond acceptors (Lipinski definition) is 4. The molecule has 0 heterocycles. The van der Waals surface area contributed by atoms with E-state index in [4.69, 9.17) is 14.6 Å². The summed E-state index contributed by atoms with van der Waals surface area (Å²) in [5.74, 6) is -1.30. The average Bonchev–Trinajstić information content (AvgIpc) is 2.18. The number of benzene rings is 1. The molecule has 0 spiro atoms. The Balaban J connectivity index is 3.08. The van der Waals surface area contributed by atoms with E-state index in [1.807, 2.05) is 13.8 Å². The quantitative estimate of drug-likeness (QED) is 0.642. The molecule has 0 aromatic heterocycles. The van der Waals surface area contributed by atoms with Gasteiger partial charge < -0.3 is 14.6 Å². The van der Waals surface area contributed by atoms with Gasteiger partial charge in [-0.25, -0.2) is 4.79 Å². The van der Waals surface area contributed by atoms with Crippen LogP contribution in [0.5, 0.6) is 11.5 Å². The molecule has 0 saturated carbocycles. The van der Waals surface area contributed by atoms with Gasteiger partial charge in [-0.2, -0.15) is 0 Å². The topological polar surface area (TPSA) is 72.8 Å². The first-order chi connectivity index (χ1) is 7.90. The summed E-state index contributed by atoms with van der Waals surface area (Å²) in [5, 5.41) is 8.99. The molecule has 0 radical (unpaired) electrons. The highest BCUT2D eigenvalue weighted by atomic mass is 16.5. The minimum absolute atomic E-state index is 0.0149. The van der Waals surface area contributed by atoms with Gasteiger partial charge in [-0.05, 0) is 32.0 Å². The zero-order chi connectivity index (χ0) is 13.0. The van der Waals surface area contributed by atoms with Crippen molar-refractivity contribution in [3.63, 3.8) is 0 Å². The maximum Gasteiger partial charge on any atom is 0.339 e. The summed E-state index contributed by atoms with van der Waals surface area (Å²) in [4.78, 5) is 21.8. The third-order valence-corrected chi connectivity index (χ3v) is 1.81. The third-order valence-electron chi connectivity index (χ3n) is 1.81. The second-order valence-electron chi connectivity index (χ2n) is 3.72. The van der Waals surface area contributed by atoms with Crippen LogP contribution in [0.2, 0.25) is 0 Å². The van der Waals surface area contributed by atoms with Crippen LogP contribution in [0.4, 0.5) is 0 Å². The molecule has 92 valence electrons. The van der Waals surface area contributed by atoms with Crippen LogP contribution < -0.4 is 9.47 Å². The Morgan fingerprint density at radius 1 is 1.29 bits per heavy atom. The van der Waals surface area contributed by atoms with Crippen molar-refractivity contribution in [1.82, 2.24) is 0 Å². The Bertz CT molecular complexity index is 437. The van der Waals surface area contributed by atoms with E-state index in [0.29, 0.717) is 5.75 Å². The number of hydrogen-bond donors (Lipinski definition) is 1. The molecule has 1 N–H and O–H groups in total. The monoisotopic (exact) mass is 238 g/mol. The van der Waals surface area contributed by atoms with E-state index in [2.05, 4.69) is 0 Å². The average molecular weight is 238 g/mol. The van der Waals surface area contributed by atoms with Crippen molar-refractivity contribution in [3.8, 4) is 11.5 Å². The molecule has 0 amide bonds. The number of carboxylic acids is 1. The second kappa shape index (κ2) is 5.34. The molecule has 0 bridgehead atoms. The van der Waals surface area contributed by atoms with Crippen molar-refractivity contribution in [2.75, 3.05) is 0 Å². The lowest BCUT2D eigenvalue weighted by Gasteiger charge is -2.12. The Kier molecular flexibility index (Phi) is 4.09. The Hall–Kier alpha value is -2.04. The molecule has 0 atom stereocenters. The standard InChI is InChI=1S/C12H14O5/c1-7(2)16-9-4-5-11(17-8(3)13)10(6-9)12(14)15/h4-7H,1-3H3,(H,14,15). The number of ether oxygens (including phenoxy) is 2. The van der Waals surface area contributed by atoms with Crippen molar-refractivity contribution < 1.29 is 24.2 Å². The van der Waals surface area contributed by atoms with E-state index in [1.165, 1.54) is 19.1 Å². The first-order valence-corrected chi connectivity index (χ1v) is 5.12. The van der Waals surface area contributed by atoms with Gasteiger partial charge in [-0.1, -0.05) is 0 Å². The minimum atomic E-state index is -1.17. The lowest BCUT2D eigenvalue weighted by atomic mass is 10.2. The van der Waals surface area contributed by atoms with Crippen LogP contribution in [0.3, 0.4) is 0 Å². The zero-order valence-corrected chi connectivity index (χ0v) is 9.89. The van der Waals surface area contributed by atoms with Gasteiger partial charge in [0.2, 0.25) is 0 Å². The van der Waals surface area contributed by atoms with E-state index in [-0.39, 0.29) is 17.4 Å². The number of esters is 1. The van der Waals surface area contributed by atoms with E-state index >= 15 is 0 Å². The summed E-state index contributed by atoms with van der Waals surface area (Å²) in [6, 6.07) is 4.30. The zero-order valence-electron chi connectivity index (χ0n) is 9.89. The molecule has 0 saturated heterocycles. The van der Waals surface area contributed by atoms with Gasteiger partial charge in [-0.3, -0.25) is 4.79 Å². The first-order valence-electron chi connectivity index (χ1n) is 5.12. The van der Waals surface area contributed by atoms with Gasteiger partial charge in [0, 0.05) is 6.92 Å². The van der Waals surface area contributed by atoms with E-state index in [9.17, 15) is 9.59 Å². The molecule has 0 aliphatic carbocycles. The summed E-state index contributed by atoms with van der Waals surface area (Å²) in [6.07, 6.45) is -0.0591. The first kappa shape index (κ1) is 13.0. The fourth-order valence-corrected chi connectivity index (χ4v) is 1.27. The number of rotatable bonds is 4. The number of carbonyl (C=O) groups excluding carboxylic acids is 1. The molecule has 0 unspecified atom stereocenters. The van der Waals surface area contributed by atoms with Crippen molar-refractivity contribution in [3.05, 3.63) is 23.8 Å². The van der Waals surface area contributed by atoms with Crippen molar-refractivity contribution in [2.24, 2.45) is 0 Å². The molecular formula is C12H14O5. The molecule has 5 heteroatoms. The summed E-state index contributed by atoms with van der Waals surface area (Å²) in [5.41, 5.74) is -0.0987. The van der Waals surface area contributed by atoms with E-state index in [0.717, 1.165) is 0 Å². The molecule has 5 nitrogen and oxygen atoms in total. The SMILES string of the molecule is CC(=O)Oc1ccc(OC(C)C)cc1C(=O)O. The van der Waals surface area contributed by atoms with Gasteiger partial charge in [0.05, 0.1) is 6.10 Å². The lowest BCUT2D eigenvalue weighted by molar-refractivity contribution is -0.131. The molecule has 0 aliphatic rings. The third kappa shape index (κ3) is 3.79. The minimum Gasteiger partial charge on any atom is -0.491 e. The van der Waals surface area contributed by atoms with Crippen molar-refractivity contribution >= 4 is 11.9 Å². The van der Waals surface area contributed by atoms with Crippen LogP contribution in [-0.4, -0.2) is 23.1 Å². The fraction of sp³-hybridized carbons (Fsp3) is 0.333. The van der Waals surface area contributed by atoms with Crippen LogP contribution >= 0.6 is 0 Å². The normalized spacial score (nSPS) is 10.1. The smallest absolute Gasteiger partial charge is 0.339 e. The number of aromatic carboxylic acids is 1. The van der Waals surface area contributed by atoms with Crippen LogP contribution in [0.25, 0.3) is 0 Å². The van der Waals surface area contributed by atoms with Crippen LogP contribution in [0, 0.1) is 0 Å². The maximum absolute atomic E-state index is 11.0. The highest BCUT2D eigenvalue weighted by Gasteiger charge is 2.14. The van der Waals surface area contributed by atoms with Gasteiger partial charge in [-0.15, -0.1) is 0 Å².